The molecule has 0 spiro atoms. The SMILES string of the molecule is CC(C)OCCCNC(=S)NNC(=O)c1ccncc1. The van der Waals surface area contributed by atoms with Gasteiger partial charge in [0.25, 0.3) is 5.91 Å². The molecule has 0 saturated heterocycles. The molecule has 1 aromatic rings. The summed E-state index contributed by atoms with van der Waals surface area (Å²) >= 11 is 5.03. The molecule has 0 radical (unpaired) electrons. The molecule has 0 aliphatic carbocycles. The Bertz CT molecular complexity index is 426. The largest absolute Gasteiger partial charge is 0.379 e. The highest BCUT2D eigenvalue weighted by molar-refractivity contribution is 7.80. The Labute approximate surface area is 124 Å². The first-order valence-corrected chi connectivity index (χ1v) is 6.86. The Morgan fingerprint density at radius 1 is 1.35 bits per heavy atom. The molecule has 1 aromatic heterocycles. The molecule has 0 saturated carbocycles. The fraction of sp³-hybridized carbons (Fsp3) is 0.462. The van der Waals surface area contributed by atoms with Gasteiger partial charge in [-0.15, -0.1) is 0 Å². The van der Waals surface area contributed by atoms with Gasteiger partial charge in [0, 0.05) is 31.1 Å². The quantitative estimate of drug-likeness (QED) is 0.413. The Morgan fingerprint density at radius 3 is 2.70 bits per heavy atom. The van der Waals surface area contributed by atoms with Crippen molar-refractivity contribution in [1.29, 1.82) is 0 Å². The van der Waals surface area contributed by atoms with Crippen LogP contribution in [-0.4, -0.2) is 35.3 Å². The van der Waals surface area contributed by atoms with E-state index >= 15 is 0 Å². The van der Waals surface area contributed by atoms with E-state index in [-0.39, 0.29) is 12.0 Å². The minimum absolute atomic E-state index is 0.236. The van der Waals surface area contributed by atoms with Crippen LogP contribution >= 0.6 is 12.2 Å². The topological polar surface area (TPSA) is 75.3 Å². The number of pyridine rings is 1. The number of aromatic nitrogens is 1. The van der Waals surface area contributed by atoms with Crippen molar-refractivity contribution in [2.24, 2.45) is 0 Å². The lowest BCUT2D eigenvalue weighted by Crippen LogP contribution is -2.47. The first-order valence-electron chi connectivity index (χ1n) is 6.45. The molecule has 6 nitrogen and oxygen atoms in total. The maximum absolute atomic E-state index is 11.7. The van der Waals surface area contributed by atoms with Crippen LogP contribution in [0, 0.1) is 0 Å². The number of rotatable bonds is 6. The average Bonchev–Trinajstić information content (AvgIpc) is 2.45. The van der Waals surface area contributed by atoms with Gasteiger partial charge in [0.15, 0.2) is 5.11 Å². The van der Waals surface area contributed by atoms with Crippen molar-refractivity contribution < 1.29 is 9.53 Å². The zero-order valence-electron chi connectivity index (χ0n) is 11.7. The van der Waals surface area contributed by atoms with Crippen LogP contribution in [0.3, 0.4) is 0 Å². The highest BCUT2D eigenvalue weighted by atomic mass is 32.1. The summed E-state index contributed by atoms with van der Waals surface area (Å²) in [5, 5.41) is 3.35. The summed E-state index contributed by atoms with van der Waals surface area (Å²) in [4.78, 5) is 15.5. The Hall–Kier alpha value is -1.73. The first kappa shape index (κ1) is 16.3. The molecule has 3 N–H and O–H groups in total. The standard InChI is InChI=1S/C13H20N4O2S/c1-10(2)19-9-3-6-15-13(20)17-16-12(18)11-4-7-14-8-5-11/h4-5,7-8,10H,3,6,9H2,1-2H3,(H,16,18)(H2,15,17,20). The maximum Gasteiger partial charge on any atom is 0.269 e. The van der Waals surface area contributed by atoms with Gasteiger partial charge in [-0.3, -0.25) is 20.6 Å². The van der Waals surface area contributed by atoms with E-state index in [9.17, 15) is 4.79 Å². The summed E-state index contributed by atoms with van der Waals surface area (Å²) in [5.41, 5.74) is 5.66. The highest BCUT2D eigenvalue weighted by Crippen LogP contribution is 1.94. The molecular formula is C13H20N4O2S. The lowest BCUT2D eigenvalue weighted by Gasteiger charge is -2.12. The van der Waals surface area contributed by atoms with Crippen molar-refractivity contribution in [3.63, 3.8) is 0 Å². The third kappa shape index (κ3) is 7.01. The molecule has 1 rings (SSSR count). The van der Waals surface area contributed by atoms with E-state index in [1.54, 1.807) is 24.5 Å². The van der Waals surface area contributed by atoms with Gasteiger partial charge in [-0.1, -0.05) is 0 Å². The summed E-state index contributed by atoms with van der Waals surface area (Å²) in [6, 6.07) is 3.24. The second kappa shape index (κ2) is 9.22. The average molecular weight is 296 g/mol. The fourth-order valence-electron chi connectivity index (χ4n) is 1.33. The number of nitrogens with one attached hydrogen (secondary N) is 3. The van der Waals surface area contributed by atoms with Gasteiger partial charge in [0.05, 0.1) is 6.10 Å². The van der Waals surface area contributed by atoms with Gasteiger partial charge >= 0.3 is 0 Å². The second-order valence-corrected chi connectivity index (χ2v) is 4.75. The zero-order valence-corrected chi connectivity index (χ0v) is 12.5. The van der Waals surface area contributed by atoms with E-state index in [1.165, 1.54) is 0 Å². The number of nitrogens with zero attached hydrogens (tertiary/aromatic N) is 1. The van der Waals surface area contributed by atoms with Crippen molar-refractivity contribution in [2.45, 2.75) is 26.4 Å². The molecule has 7 heteroatoms. The van der Waals surface area contributed by atoms with E-state index in [0.29, 0.717) is 23.8 Å². The lowest BCUT2D eigenvalue weighted by molar-refractivity contribution is 0.0776. The van der Waals surface area contributed by atoms with Crippen LogP contribution in [0.1, 0.15) is 30.6 Å². The van der Waals surface area contributed by atoms with Crippen LogP contribution in [-0.2, 0) is 4.74 Å². The third-order valence-electron chi connectivity index (χ3n) is 2.29. The molecule has 0 atom stereocenters. The Morgan fingerprint density at radius 2 is 2.05 bits per heavy atom. The van der Waals surface area contributed by atoms with Gasteiger partial charge in [-0.2, -0.15) is 0 Å². The molecule has 1 heterocycles. The summed E-state index contributed by atoms with van der Waals surface area (Å²) in [6.07, 6.45) is 4.19. The van der Waals surface area contributed by atoms with Crippen LogP contribution in [0.4, 0.5) is 0 Å². The summed E-state index contributed by atoms with van der Waals surface area (Å²) in [6.45, 7) is 5.35. The summed E-state index contributed by atoms with van der Waals surface area (Å²) in [5.74, 6) is -0.264. The zero-order chi connectivity index (χ0) is 14.8. The van der Waals surface area contributed by atoms with E-state index in [1.807, 2.05) is 13.8 Å². The molecule has 1 amide bonds. The number of ether oxygens (including phenoxy) is 1. The fourth-order valence-corrected chi connectivity index (χ4v) is 1.48. The highest BCUT2D eigenvalue weighted by Gasteiger charge is 2.04. The molecule has 0 bridgehead atoms. The van der Waals surface area contributed by atoms with Crippen molar-refractivity contribution >= 4 is 23.2 Å². The number of hydrazine groups is 1. The van der Waals surface area contributed by atoms with Crippen molar-refractivity contribution in [1.82, 2.24) is 21.2 Å². The lowest BCUT2D eigenvalue weighted by atomic mass is 10.3. The van der Waals surface area contributed by atoms with E-state index < -0.39 is 0 Å². The van der Waals surface area contributed by atoms with Gasteiger partial charge in [-0.25, -0.2) is 0 Å². The van der Waals surface area contributed by atoms with Crippen molar-refractivity contribution in [2.75, 3.05) is 13.2 Å². The molecule has 0 aromatic carbocycles. The van der Waals surface area contributed by atoms with Crippen LogP contribution < -0.4 is 16.2 Å². The Kier molecular flexibility index (Phi) is 7.52. The normalized spacial score (nSPS) is 10.2. The van der Waals surface area contributed by atoms with Crippen molar-refractivity contribution in [3.05, 3.63) is 30.1 Å². The molecule has 0 unspecified atom stereocenters. The Balaban J connectivity index is 2.12. The molecular weight excluding hydrogens is 276 g/mol. The second-order valence-electron chi connectivity index (χ2n) is 4.34. The summed E-state index contributed by atoms with van der Waals surface area (Å²) in [7, 11) is 0. The van der Waals surface area contributed by atoms with Crippen molar-refractivity contribution in [3.8, 4) is 0 Å². The predicted octanol–water partition coefficient (Wildman–Crippen LogP) is 1.01. The maximum atomic E-state index is 11.7. The molecule has 0 aliphatic heterocycles. The van der Waals surface area contributed by atoms with E-state index in [0.717, 1.165) is 6.42 Å². The number of amides is 1. The predicted molar refractivity (Wildman–Crippen MR) is 81.1 cm³/mol. The van der Waals surface area contributed by atoms with Crippen LogP contribution in [0.15, 0.2) is 24.5 Å². The minimum atomic E-state index is -0.264. The van der Waals surface area contributed by atoms with Gasteiger partial charge in [0.2, 0.25) is 0 Å². The van der Waals surface area contributed by atoms with Crippen LogP contribution in [0.2, 0.25) is 0 Å². The van der Waals surface area contributed by atoms with Gasteiger partial charge < -0.3 is 10.1 Å². The third-order valence-corrected chi connectivity index (χ3v) is 2.54. The smallest absolute Gasteiger partial charge is 0.269 e. The number of carbonyl (C=O) groups is 1. The summed E-state index contributed by atoms with van der Waals surface area (Å²) < 4.78 is 5.40. The van der Waals surface area contributed by atoms with Crippen LogP contribution in [0.25, 0.3) is 0 Å². The minimum Gasteiger partial charge on any atom is -0.379 e. The van der Waals surface area contributed by atoms with E-state index in [2.05, 4.69) is 21.2 Å². The van der Waals surface area contributed by atoms with E-state index in [4.69, 9.17) is 17.0 Å². The monoisotopic (exact) mass is 296 g/mol. The molecule has 0 aliphatic rings. The van der Waals surface area contributed by atoms with Gasteiger partial charge in [0.1, 0.15) is 0 Å². The van der Waals surface area contributed by atoms with Crippen LogP contribution in [0.5, 0.6) is 0 Å². The number of hydrogen-bond donors (Lipinski definition) is 3. The molecule has 20 heavy (non-hydrogen) atoms. The first-order chi connectivity index (χ1) is 9.59. The number of carbonyl (C=O) groups excluding carboxylic acids is 1. The number of hydrogen-bond acceptors (Lipinski definition) is 4. The molecule has 0 fully saturated rings. The molecule has 110 valence electrons. The van der Waals surface area contributed by atoms with Gasteiger partial charge in [-0.05, 0) is 44.6 Å². The number of thiocarbonyl (C=S) groups is 1.